The molecule has 0 saturated carbocycles. The van der Waals surface area contributed by atoms with Gasteiger partial charge in [-0.25, -0.2) is 0 Å². The van der Waals surface area contributed by atoms with Crippen LogP contribution in [0.25, 0.3) is 10.1 Å². The summed E-state index contributed by atoms with van der Waals surface area (Å²) in [5.74, 6) is 0.854. The van der Waals surface area contributed by atoms with Crippen molar-refractivity contribution < 1.29 is 4.52 Å². The highest BCUT2D eigenvalue weighted by atomic mass is 35.5. The quantitative estimate of drug-likeness (QED) is 0.793. The van der Waals surface area contributed by atoms with Crippen molar-refractivity contribution in [1.82, 2.24) is 10.5 Å². The van der Waals surface area contributed by atoms with Gasteiger partial charge in [0, 0.05) is 23.9 Å². The van der Waals surface area contributed by atoms with Crippen molar-refractivity contribution in [2.75, 3.05) is 0 Å². The van der Waals surface area contributed by atoms with Crippen molar-refractivity contribution in [2.45, 2.75) is 20.0 Å². The minimum absolute atomic E-state index is 0. The van der Waals surface area contributed by atoms with Crippen LogP contribution in [-0.2, 0) is 13.1 Å². The van der Waals surface area contributed by atoms with Gasteiger partial charge < -0.3 is 9.84 Å². The van der Waals surface area contributed by atoms with Gasteiger partial charge in [0.25, 0.3) is 0 Å². The first-order valence-corrected chi connectivity index (χ1v) is 6.79. The molecule has 100 valence electrons. The number of hydrogen-bond donors (Lipinski definition) is 1. The molecule has 2 heterocycles. The highest BCUT2D eigenvalue weighted by Gasteiger charge is 2.04. The number of hydrogen-bond acceptors (Lipinski definition) is 4. The number of aromatic nitrogens is 1. The van der Waals surface area contributed by atoms with Crippen molar-refractivity contribution in [3.63, 3.8) is 0 Å². The van der Waals surface area contributed by atoms with E-state index in [-0.39, 0.29) is 12.4 Å². The lowest BCUT2D eigenvalue weighted by Crippen LogP contribution is -2.12. The van der Waals surface area contributed by atoms with E-state index in [1.54, 1.807) is 11.3 Å². The fourth-order valence-electron chi connectivity index (χ4n) is 2.00. The maximum atomic E-state index is 5.03. The fraction of sp³-hybridized carbons (Fsp3) is 0.214. The van der Waals surface area contributed by atoms with Crippen LogP contribution in [0.4, 0.5) is 0 Å². The van der Waals surface area contributed by atoms with Crippen LogP contribution in [0.5, 0.6) is 0 Å². The Hall–Kier alpha value is -1.36. The van der Waals surface area contributed by atoms with Gasteiger partial charge in [0.05, 0.1) is 5.69 Å². The van der Waals surface area contributed by atoms with E-state index in [9.17, 15) is 0 Å². The van der Waals surface area contributed by atoms with Crippen LogP contribution >= 0.6 is 23.7 Å². The third-order valence-electron chi connectivity index (χ3n) is 2.86. The number of rotatable bonds is 4. The summed E-state index contributed by atoms with van der Waals surface area (Å²) in [5, 5.41) is 10.9. The SMILES string of the molecule is Cc1cc(CNCc2csc3ccccc23)no1.Cl. The van der Waals surface area contributed by atoms with Crippen LogP contribution < -0.4 is 5.32 Å². The summed E-state index contributed by atoms with van der Waals surface area (Å²) < 4.78 is 6.37. The van der Waals surface area contributed by atoms with Crippen molar-refractivity contribution in [2.24, 2.45) is 0 Å². The second-order valence-electron chi connectivity index (χ2n) is 4.29. The number of nitrogens with one attached hydrogen (secondary N) is 1. The number of nitrogens with zero attached hydrogens (tertiary/aromatic N) is 1. The summed E-state index contributed by atoms with van der Waals surface area (Å²) in [4.78, 5) is 0. The van der Waals surface area contributed by atoms with Crippen LogP contribution in [0.1, 0.15) is 17.0 Å². The van der Waals surface area contributed by atoms with Gasteiger partial charge in [0.2, 0.25) is 0 Å². The predicted molar refractivity (Wildman–Crippen MR) is 80.9 cm³/mol. The minimum Gasteiger partial charge on any atom is -0.361 e. The summed E-state index contributed by atoms with van der Waals surface area (Å²) in [5.41, 5.74) is 2.29. The Labute approximate surface area is 122 Å². The fourth-order valence-corrected chi connectivity index (χ4v) is 2.96. The van der Waals surface area contributed by atoms with Crippen LogP contribution in [0.2, 0.25) is 0 Å². The van der Waals surface area contributed by atoms with Crippen LogP contribution in [-0.4, -0.2) is 5.16 Å². The van der Waals surface area contributed by atoms with Crippen molar-refractivity contribution >= 4 is 33.8 Å². The van der Waals surface area contributed by atoms with Gasteiger partial charge in [0.1, 0.15) is 5.76 Å². The lowest BCUT2D eigenvalue weighted by Gasteiger charge is -2.01. The molecule has 3 aromatic rings. The summed E-state index contributed by atoms with van der Waals surface area (Å²) in [7, 11) is 0. The standard InChI is InChI=1S/C14H14N2OS.ClH/c1-10-6-12(16-17-10)8-15-7-11-9-18-14-5-3-2-4-13(11)14;/h2-6,9,15H,7-8H2,1H3;1H. The van der Waals surface area contributed by atoms with E-state index in [1.165, 1.54) is 15.6 Å². The molecule has 1 aromatic carbocycles. The van der Waals surface area contributed by atoms with Gasteiger partial charge >= 0.3 is 0 Å². The molecule has 0 fully saturated rings. The molecule has 0 bridgehead atoms. The summed E-state index contributed by atoms with van der Waals surface area (Å²) in [6.45, 7) is 3.50. The first-order valence-electron chi connectivity index (χ1n) is 5.91. The Morgan fingerprint density at radius 3 is 2.89 bits per heavy atom. The molecule has 2 aromatic heterocycles. The monoisotopic (exact) mass is 294 g/mol. The number of thiophene rings is 1. The highest BCUT2D eigenvalue weighted by Crippen LogP contribution is 2.25. The Balaban J connectivity index is 0.00000133. The number of fused-ring (bicyclic) bond motifs is 1. The molecule has 0 aliphatic heterocycles. The Morgan fingerprint density at radius 2 is 2.11 bits per heavy atom. The van der Waals surface area contributed by atoms with E-state index in [2.05, 4.69) is 40.1 Å². The molecule has 0 aliphatic rings. The zero-order valence-electron chi connectivity index (χ0n) is 10.6. The maximum Gasteiger partial charge on any atom is 0.133 e. The first kappa shape index (κ1) is 14.1. The van der Waals surface area contributed by atoms with Crippen molar-refractivity contribution in [3.05, 3.63) is 52.7 Å². The zero-order valence-corrected chi connectivity index (χ0v) is 12.2. The van der Waals surface area contributed by atoms with E-state index in [0.717, 1.165) is 24.5 Å². The molecule has 19 heavy (non-hydrogen) atoms. The molecule has 5 heteroatoms. The normalized spacial score (nSPS) is 10.6. The van der Waals surface area contributed by atoms with Gasteiger partial charge in [0.15, 0.2) is 0 Å². The lowest BCUT2D eigenvalue weighted by atomic mass is 10.2. The smallest absolute Gasteiger partial charge is 0.133 e. The Bertz CT molecular complexity index is 662. The maximum absolute atomic E-state index is 5.03. The zero-order chi connectivity index (χ0) is 12.4. The van der Waals surface area contributed by atoms with Crippen molar-refractivity contribution in [3.8, 4) is 0 Å². The summed E-state index contributed by atoms with van der Waals surface area (Å²) >= 11 is 1.79. The van der Waals surface area contributed by atoms with E-state index < -0.39 is 0 Å². The van der Waals surface area contributed by atoms with E-state index in [4.69, 9.17) is 4.52 Å². The largest absolute Gasteiger partial charge is 0.361 e. The van der Waals surface area contributed by atoms with Crippen LogP contribution in [0.15, 0.2) is 40.2 Å². The van der Waals surface area contributed by atoms with Gasteiger partial charge in [-0.15, -0.1) is 23.7 Å². The van der Waals surface area contributed by atoms with Gasteiger partial charge in [-0.1, -0.05) is 23.4 Å². The van der Waals surface area contributed by atoms with Crippen LogP contribution in [0, 0.1) is 6.92 Å². The molecular formula is C14H15ClN2OS. The molecule has 0 spiro atoms. The summed E-state index contributed by atoms with van der Waals surface area (Å²) in [6.07, 6.45) is 0. The molecule has 0 aliphatic carbocycles. The first-order chi connectivity index (χ1) is 8.83. The number of halogens is 1. The molecule has 0 saturated heterocycles. The molecular weight excluding hydrogens is 280 g/mol. The van der Waals surface area contributed by atoms with Crippen molar-refractivity contribution in [1.29, 1.82) is 0 Å². The molecule has 0 atom stereocenters. The molecule has 3 nitrogen and oxygen atoms in total. The molecule has 0 radical (unpaired) electrons. The second kappa shape index (κ2) is 6.19. The molecule has 3 rings (SSSR count). The average Bonchev–Trinajstić information content (AvgIpc) is 2.97. The topological polar surface area (TPSA) is 38.1 Å². The van der Waals surface area contributed by atoms with E-state index in [1.807, 2.05) is 13.0 Å². The third kappa shape index (κ3) is 3.15. The molecule has 0 amide bonds. The number of benzene rings is 1. The minimum atomic E-state index is 0. The molecule has 0 unspecified atom stereocenters. The second-order valence-corrected chi connectivity index (χ2v) is 5.20. The van der Waals surface area contributed by atoms with Gasteiger partial charge in [-0.3, -0.25) is 0 Å². The van der Waals surface area contributed by atoms with E-state index in [0.29, 0.717) is 0 Å². The Morgan fingerprint density at radius 1 is 1.26 bits per heavy atom. The highest BCUT2D eigenvalue weighted by molar-refractivity contribution is 7.17. The Kier molecular flexibility index (Phi) is 4.58. The summed E-state index contributed by atoms with van der Waals surface area (Å²) in [6, 6.07) is 10.4. The number of aryl methyl sites for hydroxylation is 1. The predicted octanol–water partition coefficient (Wildman–Crippen LogP) is 3.91. The van der Waals surface area contributed by atoms with Crippen LogP contribution in [0.3, 0.4) is 0 Å². The third-order valence-corrected chi connectivity index (χ3v) is 3.87. The van der Waals surface area contributed by atoms with Gasteiger partial charge in [-0.05, 0) is 29.3 Å². The van der Waals surface area contributed by atoms with Gasteiger partial charge in [-0.2, -0.15) is 0 Å². The average molecular weight is 295 g/mol. The lowest BCUT2D eigenvalue weighted by molar-refractivity contribution is 0.388. The molecule has 1 N–H and O–H groups in total. The van der Waals surface area contributed by atoms with E-state index >= 15 is 0 Å².